The molecule has 0 bridgehead atoms. The Balaban J connectivity index is 1.51. The minimum Gasteiger partial charge on any atom is -0.299 e. The average molecular weight is 349 g/mol. The average Bonchev–Trinajstić information content (AvgIpc) is 3.18. The van der Waals surface area contributed by atoms with Gasteiger partial charge in [-0.3, -0.25) is 15.6 Å². The highest BCUT2D eigenvalue weighted by Crippen LogP contribution is 2.27. The van der Waals surface area contributed by atoms with Crippen molar-refractivity contribution in [3.63, 3.8) is 0 Å². The molecule has 9 heteroatoms. The van der Waals surface area contributed by atoms with Gasteiger partial charge in [0.1, 0.15) is 0 Å². The summed E-state index contributed by atoms with van der Waals surface area (Å²) < 4.78 is 0.789. The third-order valence-electron chi connectivity index (χ3n) is 2.45. The molecule has 3 rings (SSSR count). The first kappa shape index (κ1) is 14.9. The Morgan fingerprint density at radius 2 is 2.14 bits per heavy atom. The maximum atomic E-state index is 11.8. The minimum absolute atomic E-state index is 0.320. The van der Waals surface area contributed by atoms with Gasteiger partial charge in [-0.1, -0.05) is 29.2 Å². The molecule has 0 aromatic carbocycles. The molecular formula is C13H11N5OS3. The SMILES string of the molecule is O=C(Nc1cccs1)Nc1nnc(SCc2ccccn2)s1. The van der Waals surface area contributed by atoms with Crippen LogP contribution in [0.25, 0.3) is 0 Å². The van der Waals surface area contributed by atoms with Gasteiger partial charge in [-0.15, -0.1) is 21.5 Å². The van der Waals surface area contributed by atoms with Crippen LogP contribution >= 0.6 is 34.4 Å². The molecule has 0 fully saturated rings. The first-order chi connectivity index (χ1) is 10.8. The van der Waals surface area contributed by atoms with Gasteiger partial charge < -0.3 is 0 Å². The third-order valence-corrected chi connectivity index (χ3v) is 5.25. The Morgan fingerprint density at radius 1 is 1.18 bits per heavy atom. The van der Waals surface area contributed by atoms with Crippen LogP contribution in [0.2, 0.25) is 0 Å². The van der Waals surface area contributed by atoms with Gasteiger partial charge >= 0.3 is 6.03 Å². The summed E-state index contributed by atoms with van der Waals surface area (Å²) in [6.45, 7) is 0. The number of nitrogens with zero attached hydrogens (tertiary/aromatic N) is 3. The van der Waals surface area contributed by atoms with E-state index in [1.807, 2.05) is 35.7 Å². The summed E-state index contributed by atoms with van der Waals surface area (Å²) in [6, 6.07) is 9.18. The summed E-state index contributed by atoms with van der Waals surface area (Å²) in [5.74, 6) is 0.719. The number of urea groups is 1. The number of hydrogen-bond acceptors (Lipinski definition) is 7. The number of hydrogen-bond donors (Lipinski definition) is 2. The number of thiophene rings is 1. The highest BCUT2D eigenvalue weighted by atomic mass is 32.2. The highest BCUT2D eigenvalue weighted by molar-refractivity contribution is 8.00. The third kappa shape index (κ3) is 4.26. The van der Waals surface area contributed by atoms with Crippen molar-refractivity contribution in [1.82, 2.24) is 15.2 Å². The van der Waals surface area contributed by atoms with Crippen molar-refractivity contribution in [2.75, 3.05) is 10.6 Å². The predicted octanol–water partition coefficient (Wildman–Crippen LogP) is 3.93. The molecule has 22 heavy (non-hydrogen) atoms. The number of amides is 2. The van der Waals surface area contributed by atoms with E-state index in [0.29, 0.717) is 5.13 Å². The van der Waals surface area contributed by atoms with Crippen molar-refractivity contribution in [2.24, 2.45) is 0 Å². The second-order valence-electron chi connectivity index (χ2n) is 4.04. The summed E-state index contributed by atoms with van der Waals surface area (Å²) in [5.41, 5.74) is 0.979. The molecule has 0 saturated heterocycles. The fraction of sp³-hybridized carbons (Fsp3) is 0.0769. The number of pyridine rings is 1. The summed E-state index contributed by atoms with van der Waals surface area (Å²) in [5, 5.41) is 16.6. The van der Waals surface area contributed by atoms with Gasteiger partial charge in [0.05, 0.1) is 10.7 Å². The van der Waals surface area contributed by atoms with Crippen LogP contribution in [-0.2, 0) is 5.75 Å². The van der Waals surface area contributed by atoms with Crippen molar-refractivity contribution >= 4 is 50.6 Å². The van der Waals surface area contributed by atoms with Crippen molar-refractivity contribution in [3.8, 4) is 0 Å². The molecule has 2 amide bonds. The minimum atomic E-state index is -0.320. The number of thioether (sulfide) groups is 1. The van der Waals surface area contributed by atoms with Crippen LogP contribution in [-0.4, -0.2) is 21.2 Å². The lowest BCUT2D eigenvalue weighted by atomic mass is 10.4. The molecule has 0 unspecified atom stereocenters. The molecule has 3 heterocycles. The lowest BCUT2D eigenvalue weighted by Crippen LogP contribution is -2.18. The molecule has 0 aliphatic carbocycles. The molecule has 3 aromatic heterocycles. The topological polar surface area (TPSA) is 79.8 Å². The fourth-order valence-electron chi connectivity index (χ4n) is 1.53. The molecule has 0 aliphatic heterocycles. The van der Waals surface area contributed by atoms with E-state index in [0.717, 1.165) is 20.8 Å². The van der Waals surface area contributed by atoms with Crippen LogP contribution in [0.4, 0.5) is 14.9 Å². The second kappa shape index (κ2) is 7.34. The van der Waals surface area contributed by atoms with Gasteiger partial charge in [-0.05, 0) is 29.6 Å². The van der Waals surface area contributed by atoms with Crippen LogP contribution < -0.4 is 10.6 Å². The number of aromatic nitrogens is 3. The quantitative estimate of drug-likeness (QED) is 0.539. The molecule has 0 atom stereocenters. The molecule has 2 N–H and O–H groups in total. The molecule has 112 valence electrons. The molecule has 3 aromatic rings. The van der Waals surface area contributed by atoms with Crippen LogP contribution in [0.1, 0.15) is 5.69 Å². The first-order valence-corrected chi connectivity index (χ1v) is 8.95. The van der Waals surface area contributed by atoms with Crippen LogP contribution in [0.15, 0.2) is 46.2 Å². The standard InChI is InChI=1S/C13H11N5OS3/c19-11(15-10-5-3-7-20-10)16-12-17-18-13(22-12)21-8-9-4-1-2-6-14-9/h1-7H,8H2,(H2,15,16,17,19). The molecule has 0 saturated carbocycles. The predicted molar refractivity (Wildman–Crippen MR) is 90.7 cm³/mol. The highest BCUT2D eigenvalue weighted by Gasteiger charge is 2.09. The molecule has 6 nitrogen and oxygen atoms in total. The van der Waals surface area contributed by atoms with E-state index in [2.05, 4.69) is 25.8 Å². The maximum Gasteiger partial charge on any atom is 0.326 e. The largest absolute Gasteiger partial charge is 0.326 e. The Kier molecular flexibility index (Phi) is 4.99. The summed E-state index contributed by atoms with van der Waals surface area (Å²) in [7, 11) is 0. The Bertz CT molecular complexity index is 729. The Labute approximate surface area is 139 Å². The van der Waals surface area contributed by atoms with E-state index in [1.54, 1.807) is 6.20 Å². The Morgan fingerprint density at radius 3 is 2.91 bits per heavy atom. The van der Waals surface area contributed by atoms with E-state index in [1.165, 1.54) is 34.4 Å². The smallest absolute Gasteiger partial charge is 0.299 e. The van der Waals surface area contributed by atoms with Crippen molar-refractivity contribution < 1.29 is 4.79 Å². The molecule has 0 radical (unpaired) electrons. The lowest BCUT2D eigenvalue weighted by Gasteiger charge is -2.01. The van der Waals surface area contributed by atoms with Gasteiger partial charge in [-0.2, -0.15) is 0 Å². The zero-order valence-electron chi connectivity index (χ0n) is 11.2. The van der Waals surface area contributed by atoms with Gasteiger partial charge in [0.25, 0.3) is 0 Å². The number of carbonyl (C=O) groups is 1. The van der Waals surface area contributed by atoms with Gasteiger partial charge in [-0.25, -0.2) is 4.79 Å². The van der Waals surface area contributed by atoms with E-state index < -0.39 is 0 Å². The zero-order valence-corrected chi connectivity index (χ0v) is 13.7. The zero-order chi connectivity index (χ0) is 15.2. The van der Waals surface area contributed by atoms with Gasteiger partial charge in [0, 0.05) is 11.9 Å². The fourth-order valence-corrected chi connectivity index (χ4v) is 3.80. The van der Waals surface area contributed by atoms with E-state index in [9.17, 15) is 4.79 Å². The van der Waals surface area contributed by atoms with Crippen LogP contribution in [0.3, 0.4) is 0 Å². The summed E-state index contributed by atoms with van der Waals surface area (Å²) >= 11 is 4.33. The molecular weight excluding hydrogens is 338 g/mol. The number of carbonyl (C=O) groups excluding carboxylic acids is 1. The van der Waals surface area contributed by atoms with Crippen molar-refractivity contribution in [3.05, 3.63) is 47.6 Å². The van der Waals surface area contributed by atoms with Gasteiger partial charge in [0.2, 0.25) is 5.13 Å². The summed E-state index contributed by atoms with van der Waals surface area (Å²) in [4.78, 5) is 16.0. The first-order valence-electron chi connectivity index (χ1n) is 6.27. The van der Waals surface area contributed by atoms with Crippen LogP contribution in [0.5, 0.6) is 0 Å². The van der Waals surface area contributed by atoms with Crippen molar-refractivity contribution in [2.45, 2.75) is 10.1 Å². The van der Waals surface area contributed by atoms with Crippen molar-refractivity contribution in [1.29, 1.82) is 0 Å². The van der Waals surface area contributed by atoms with Gasteiger partial charge in [0.15, 0.2) is 4.34 Å². The number of rotatable bonds is 5. The summed E-state index contributed by atoms with van der Waals surface area (Å²) in [6.07, 6.45) is 1.76. The van der Waals surface area contributed by atoms with E-state index in [4.69, 9.17) is 0 Å². The number of nitrogens with one attached hydrogen (secondary N) is 2. The van der Waals surface area contributed by atoms with E-state index in [-0.39, 0.29) is 6.03 Å². The normalized spacial score (nSPS) is 10.4. The maximum absolute atomic E-state index is 11.8. The lowest BCUT2D eigenvalue weighted by molar-refractivity contribution is 0.262. The number of anilines is 2. The van der Waals surface area contributed by atoms with Crippen LogP contribution in [0, 0.1) is 0 Å². The monoisotopic (exact) mass is 349 g/mol. The second-order valence-corrected chi connectivity index (χ2v) is 7.19. The van der Waals surface area contributed by atoms with E-state index >= 15 is 0 Å². The molecule has 0 spiro atoms. The Hall–Kier alpha value is -1.97. The molecule has 0 aliphatic rings.